The molecule has 0 amide bonds. The lowest BCUT2D eigenvalue weighted by Crippen LogP contribution is -1.99. The predicted octanol–water partition coefficient (Wildman–Crippen LogP) is 4.45. The third kappa shape index (κ3) is 3.43. The molecule has 0 aliphatic carbocycles. The lowest BCUT2D eigenvalue weighted by Gasteiger charge is -2.05. The second kappa shape index (κ2) is 6.54. The molecule has 3 aromatic rings. The fraction of sp³-hybridized carbons (Fsp3) is 0.167. The Kier molecular flexibility index (Phi) is 4.29. The fourth-order valence-corrected chi connectivity index (χ4v) is 2.25. The van der Waals surface area contributed by atoms with Crippen LogP contribution in [-0.2, 0) is 6.61 Å². The highest BCUT2D eigenvalue weighted by Gasteiger charge is 2.16. The Balaban J connectivity index is 1.74. The number of benzene rings is 2. The van der Waals surface area contributed by atoms with Crippen LogP contribution in [0.1, 0.15) is 16.8 Å². The summed E-state index contributed by atoms with van der Waals surface area (Å²) in [4.78, 5) is 15.0. The highest BCUT2D eigenvalue weighted by Crippen LogP contribution is 2.28. The smallest absolute Gasteiger partial charge is 0.311 e. The first-order valence-corrected chi connectivity index (χ1v) is 7.42. The van der Waals surface area contributed by atoms with Crippen LogP contribution in [0.4, 0.5) is 5.69 Å². The number of nitro groups is 1. The van der Waals surface area contributed by atoms with Crippen LogP contribution in [0, 0.1) is 24.0 Å². The number of hydrogen-bond donors (Lipinski definition) is 0. The molecule has 0 aliphatic rings. The van der Waals surface area contributed by atoms with E-state index in [2.05, 4.69) is 4.98 Å². The van der Waals surface area contributed by atoms with Gasteiger partial charge in [0.1, 0.15) is 18.6 Å². The first-order chi connectivity index (χ1) is 11.5. The second-order valence-electron chi connectivity index (χ2n) is 5.53. The molecular formula is C18H16N2O4. The first-order valence-electron chi connectivity index (χ1n) is 7.42. The molecule has 0 spiro atoms. The first kappa shape index (κ1) is 15.7. The monoisotopic (exact) mass is 324 g/mol. The van der Waals surface area contributed by atoms with Gasteiger partial charge >= 0.3 is 5.69 Å². The van der Waals surface area contributed by atoms with E-state index in [1.54, 1.807) is 19.1 Å². The molecule has 0 atom stereocenters. The summed E-state index contributed by atoms with van der Waals surface area (Å²) in [5.74, 6) is 0.706. The summed E-state index contributed by atoms with van der Waals surface area (Å²) in [6, 6.07) is 12.6. The van der Waals surface area contributed by atoms with Gasteiger partial charge in [-0.3, -0.25) is 10.1 Å². The van der Waals surface area contributed by atoms with Gasteiger partial charge in [-0.25, -0.2) is 4.98 Å². The molecule has 3 rings (SSSR count). The van der Waals surface area contributed by atoms with E-state index in [9.17, 15) is 10.1 Å². The van der Waals surface area contributed by atoms with Crippen molar-refractivity contribution in [2.45, 2.75) is 20.5 Å². The van der Waals surface area contributed by atoms with E-state index in [1.165, 1.54) is 12.3 Å². The summed E-state index contributed by atoms with van der Waals surface area (Å²) in [7, 11) is 0. The zero-order chi connectivity index (χ0) is 17.1. The molecule has 24 heavy (non-hydrogen) atoms. The molecule has 0 saturated carbocycles. The number of aryl methyl sites for hydroxylation is 2. The van der Waals surface area contributed by atoms with Crippen LogP contribution >= 0.6 is 0 Å². The van der Waals surface area contributed by atoms with Crippen LogP contribution in [0.15, 0.2) is 53.1 Å². The Morgan fingerprint density at radius 3 is 2.54 bits per heavy atom. The molecule has 0 aliphatic heterocycles. The highest BCUT2D eigenvalue weighted by atomic mass is 16.6. The molecule has 1 heterocycles. The number of oxazole rings is 1. The van der Waals surface area contributed by atoms with Crippen molar-refractivity contribution in [1.82, 2.24) is 4.98 Å². The molecule has 122 valence electrons. The fourth-order valence-electron chi connectivity index (χ4n) is 2.25. The molecule has 0 bridgehead atoms. The van der Waals surface area contributed by atoms with E-state index in [1.807, 2.05) is 31.2 Å². The van der Waals surface area contributed by atoms with Gasteiger partial charge in [0.15, 0.2) is 5.75 Å². The minimum absolute atomic E-state index is 0.0581. The molecule has 0 N–H and O–H groups in total. The summed E-state index contributed by atoms with van der Waals surface area (Å²) in [6.07, 6.45) is 1.50. The maximum Gasteiger partial charge on any atom is 0.311 e. The number of aromatic nitrogens is 1. The van der Waals surface area contributed by atoms with E-state index in [0.29, 0.717) is 11.6 Å². The van der Waals surface area contributed by atoms with Gasteiger partial charge < -0.3 is 9.15 Å². The Labute approximate surface area is 138 Å². The minimum atomic E-state index is -0.455. The average molecular weight is 324 g/mol. The van der Waals surface area contributed by atoms with Gasteiger partial charge in [0.2, 0.25) is 5.89 Å². The zero-order valence-electron chi connectivity index (χ0n) is 13.4. The molecule has 0 radical (unpaired) electrons. The van der Waals surface area contributed by atoms with E-state index < -0.39 is 4.92 Å². The SMILES string of the molecule is Cc1ccc(-c2nc(COc3ccc(C)cc3[N+](=O)[O-])co2)cc1. The third-order valence-electron chi connectivity index (χ3n) is 3.54. The maximum atomic E-state index is 11.1. The predicted molar refractivity (Wildman–Crippen MR) is 88.8 cm³/mol. The van der Waals surface area contributed by atoms with Crippen LogP contribution in [0.3, 0.4) is 0 Å². The lowest BCUT2D eigenvalue weighted by molar-refractivity contribution is -0.386. The third-order valence-corrected chi connectivity index (χ3v) is 3.54. The van der Waals surface area contributed by atoms with Crippen molar-refractivity contribution in [2.24, 2.45) is 0 Å². The van der Waals surface area contributed by atoms with Crippen molar-refractivity contribution >= 4 is 5.69 Å². The molecule has 1 aromatic heterocycles. The Morgan fingerprint density at radius 1 is 1.12 bits per heavy atom. The Hall–Kier alpha value is -3.15. The van der Waals surface area contributed by atoms with E-state index in [0.717, 1.165) is 16.7 Å². The van der Waals surface area contributed by atoms with E-state index >= 15 is 0 Å². The standard InChI is InChI=1S/C18H16N2O4/c1-12-3-6-14(7-4-12)18-19-15(11-24-18)10-23-17-8-5-13(2)9-16(17)20(21)22/h3-9,11H,10H2,1-2H3. The largest absolute Gasteiger partial charge is 0.480 e. The quantitative estimate of drug-likeness (QED) is 0.512. The molecule has 0 fully saturated rings. The second-order valence-corrected chi connectivity index (χ2v) is 5.53. The minimum Gasteiger partial charge on any atom is -0.480 e. The van der Waals surface area contributed by atoms with Crippen molar-refractivity contribution < 1.29 is 14.1 Å². The van der Waals surface area contributed by atoms with Crippen LogP contribution in [0.25, 0.3) is 11.5 Å². The van der Waals surface area contributed by atoms with Gasteiger partial charge in [-0.2, -0.15) is 0 Å². The van der Waals surface area contributed by atoms with Gasteiger partial charge in [-0.15, -0.1) is 0 Å². The molecule has 0 unspecified atom stereocenters. The van der Waals surface area contributed by atoms with E-state index in [4.69, 9.17) is 9.15 Å². The lowest BCUT2D eigenvalue weighted by atomic mass is 10.1. The van der Waals surface area contributed by atoms with Crippen molar-refractivity contribution in [1.29, 1.82) is 0 Å². The van der Waals surface area contributed by atoms with Crippen molar-refractivity contribution in [3.05, 3.63) is 75.7 Å². The van der Waals surface area contributed by atoms with Crippen LogP contribution in [0.5, 0.6) is 5.75 Å². The van der Waals surface area contributed by atoms with Crippen LogP contribution in [-0.4, -0.2) is 9.91 Å². The normalized spacial score (nSPS) is 10.6. The summed E-state index contributed by atoms with van der Waals surface area (Å²) in [5.41, 5.74) is 3.34. The molecule has 6 heteroatoms. The summed E-state index contributed by atoms with van der Waals surface area (Å²) >= 11 is 0. The Morgan fingerprint density at radius 2 is 1.83 bits per heavy atom. The number of nitro benzene ring substituents is 1. The van der Waals surface area contributed by atoms with Gasteiger partial charge in [-0.05, 0) is 37.6 Å². The van der Waals surface area contributed by atoms with Gasteiger partial charge in [0.25, 0.3) is 0 Å². The number of nitrogens with zero attached hydrogens (tertiary/aromatic N) is 2. The topological polar surface area (TPSA) is 78.4 Å². The van der Waals surface area contributed by atoms with Crippen LogP contribution < -0.4 is 4.74 Å². The van der Waals surface area contributed by atoms with Gasteiger partial charge in [-0.1, -0.05) is 23.8 Å². The highest BCUT2D eigenvalue weighted by molar-refractivity contribution is 5.53. The van der Waals surface area contributed by atoms with Gasteiger partial charge in [0, 0.05) is 11.6 Å². The van der Waals surface area contributed by atoms with Crippen molar-refractivity contribution in [3.63, 3.8) is 0 Å². The maximum absolute atomic E-state index is 11.1. The number of ether oxygens (including phenoxy) is 1. The summed E-state index contributed by atoms with van der Waals surface area (Å²) in [6.45, 7) is 3.90. The molecular weight excluding hydrogens is 308 g/mol. The molecule has 6 nitrogen and oxygen atoms in total. The summed E-state index contributed by atoms with van der Waals surface area (Å²) in [5, 5.41) is 11.1. The number of rotatable bonds is 5. The Bertz CT molecular complexity index is 869. The van der Waals surface area contributed by atoms with Crippen LogP contribution in [0.2, 0.25) is 0 Å². The van der Waals surface area contributed by atoms with Gasteiger partial charge in [0.05, 0.1) is 4.92 Å². The van der Waals surface area contributed by atoms with Crippen molar-refractivity contribution in [2.75, 3.05) is 0 Å². The average Bonchev–Trinajstić information content (AvgIpc) is 3.03. The van der Waals surface area contributed by atoms with Crippen molar-refractivity contribution in [3.8, 4) is 17.2 Å². The molecule has 0 saturated heterocycles. The molecule has 2 aromatic carbocycles. The summed E-state index contributed by atoms with van der Waals surface area (Å²) < 4.78 is 11.0. The zero-order valence-corrected chi connectivity index (χ0v) is 13.4. The number of hydrogen-bond acceptors (Lipinski definition) is 5. The van der Waals surface area contributed by atoms with E-state index in [-0.39, 0.29) is 18.0 Å².